The Morgan fingerprint density at radius 1 is 1.39 bits per heavy atom. The van der Waals surface area contributed by atoms with E-state index in [1.165, 1.54) is 22.7 Å². The van der Waals surface area contributed by atoms with Gasteiger partial charge in [0.15, 0.2) is 0 Å². The van der Waals surface area contributed by atoms with Gasteiger partial charge in [0.05, 0.1) is 10.7 Å². The molecule has 4 nitrogen and oxygen atoms in total. The first-order chi connectivity index (χ1) is 11.0. The predicted octanol–water partition coefficient (Wildman–Crippen LogP) is 4.20. The van der Waals surface area contributed by atoms with Gasteiger partial charge in [0.2, 0.25) is 0 Å². The largest absolute Gasteiger partial charge is 0.336 e. The fraction of sp³-hybridized carbons (Fsp3) is 0.250. The summed E-state index contributed by atoms with van der Waals surface area (Å²) in [6.45, 7) is 4.10. The molecule has 7 heteroatoms. The van der Waals surface area contributed by atoms with E-state index in [1.54, 1.807) is 12.2 Å². The topological polar surface area (TPSA) is 40.6 Å². The zero-order valence-electron chi connectivity index (χ0n) is 12.2. The fourth-order valence-electron chi connectivity index (χ4n) is 2.60. The van der Waals surface area contributed by atoms with Crippen molar-refractivity contribution in [3.63, 3.8) is 0 Å². The number of anilines is 1. The number of carbonyl (C=O) groups is 2. The quantitative estimate of drug-likeness (QED) is 0.463. The second-order valence-electron chi connectivity index (χ2n) is 5.14. The molecule has 3 amide bonds. The molecular weight excluding hydrogens is 339 g/mol. The number of hydrogen-bond acceptors (Lipinski definition) is 3. The van der Waals surface area contributed by atoms with Crippen LogP contribution in [0, 0.1) is 5.82 Å². The number of carbonyl (C=O) groups excluding carboxylic acids is 2. The van der Waals surface area contributed by atoms with Gasteiger partial charge in [-0.1, -0.05) is 23.8 Å². The van der Waals surface area contributed by atoms with Gasteiger partial charge in [0.25, 0.3) is 5.91 Å². The van der Waals surface area contributed by atoms with Crippen LogP contribution in [0.25, 0.3) is 0 Å². The maximum absolute atomic E-state index is 14.3. The minimum absolute atomic E-state index is 0.0636. The zero-order chi connectivity index (χ0) is 16.6. The van der Waals surface area contributed by atoms with Crippen molar-refractivity contribution in [2.75, 3.05) is 17.2 Å². The van der Waals surface area contributed by atoms with E-state index < -0.39 is 17.8 Å². The normalized spacial score (nSPS) is 17.4. The van der Waals surface area contributed by atoms with Crippen molar-refractivity contribution in [3.8, 4) is 0 Å². The monoisotopic (exact) mass is 352 g/mol. The molecule has 0 bridgehead atoms. The zero-order valence-corrected chi connectivity index (χ0v) is 13.8. The average molecular weight is 353 g/mol. The molecular formula is C16H14ClFN2O2S. The summed E-state index contributed by atoms with van der Waals surface area (Å²) >= 11 is 7.40. The Balaban J connectivity index is 2.02. The predicted molar refractivity (Wildman–Crippen MR) is 89.2 cm³/mol. The number of halogens is 2. The summed E-state index contributed by atoms with van der Waals surface area (Å²) in [5.41, 5.74) is 0.266. The van der Waals surface area contributed by atoms with Crippen LogP contribution in [0.1, 0.15) is 12.8 Å². The van der Waals surface area contributed by atoms with Crippen molar-refractivity contribution in [3.05, 3.63) is 47.4 Å². The lowest BCUT2D eigenvalue weighted by Crippen LogP contribution is -2.34. The molecule has 0 spiro atoms. The summed E-state index contributed by atoms with van der Waals surface area (Å²) in [6, 6.07) is 2.07. The maximum atomic E-state index is 14.3. The molecule has 23 heavy (non-hydrogen) atoms. The molecule has 1 saturated heterocycles. The molecule has 0 N–H and O–H groups in total. The van der Waals surface area contributed by atoms with E-state index in [4.69, 9.17) is 11.6 Å². The van der Waals surface area contributed by atoms with Crippen molar-refractivity contribution in [2.24, 2.45) is 0 Å². The van der Waals surface area contributed by atoms with Gasteiger partial charge < -0.3 is 0 Å². The van der Waals surface area contributed by atoms with Crippen LogP contribution < -0.4 is 4.90 Å². The molecule has 120 valence electrons. The summed E-state index contributed by atoms with van der Waals surface area (Å²) in [4.78, 5) is 27.9. The van der Waals surface area contributed by atoms with E-state index in [0.29, 0.717) is 22.9 Å². The van der Waals surface area contributed by atoms with Crippen LogP contribution in [-0.2, 0) is 4.79 Å². The molecule has 0 saturated carbocycles. The number of hydrogen-bond donors (Lipinski definition) is 0. The molecule has 3 rings (SSSR count). The third-order valence-electron chi connectivity index (χ3n) is 3.66. The van der Waals surface area contributed by atoms with Crippen LogP contribution in [-0.4, -0.2) is 29.1 Å². The van der Waals surface area contributed by atoms with E-state index in [9.17, 15) is 14.0 Å². The van der Waals surface area contributed by atoms with E-state index in [1.807, 2.05) is 0 Å². The highest BCUT2D eigenvalue weighted by atomic mass is 35.5. The third kappa shape index (κ3) is 2.77. The second kappa shape index (κ2) is 6.37. The Bertz CT molecular complexity index is 735. The highest BCUT2D eigenvalue weighted by Crippen LogP contribution is 2.37. The maximum Gasteiger partial charge on any atom is 0.336 e. The highest BCUT2D eigenvalue weighted by Gasteiger charge is 2.43. The van der Waals surface area contributed by atoms with E-state index >= 15 is 0 Å². The lowest BCUT2D eigenvalue weighted by atomic mass is 10.2. The Hall–Kier alpha value is -1.79. The number of fused-ring (bicyclic) bond motifs is 1. The molecule has 0 aliphatic carbocycles. The lowest BCUT2D eigenvalue weighted by molar-refractivity contribution is -0.114. The molecule has 0 atom stereocenters. The van der Waals surface area contributed by atoms with Crippen LogP contribution >= 0.6 is 23.4 Å². The Morgan fingerprint density at radius 2 is 2.17 bits per heavy atom. The van der Waals surface area contributed by atoms with Crippen molar-refractivity contribution in [2.45, 2.75) is 17.7 Å². The van der Waals surface area contributed by atoms with Crippen LogP contribution in [0.3, 0.4) is 0 Å². The first kappa shape index (κ1) is 16.1. The molecule has 2 heterocycles. The van der Waals surface area contributed by atoms with Gasteiger partial charge in [-0.15, -0.1) is 18.3 Å². The van der Waals surface area contributed by atoms with Crippen LogP contribution in [0.2, 0.25) is 5.02 Å². The van der Waals surface area contributed by atoms with Gasteiger partial charge in [0, 0.05) is 17.2 Å². The molecule has 0 radical (unpaired) electrons. The molecule has 0 aromatic heterocycles. The number of nitrogens with zero attached hydrogens (tertiary/aromatic N) is 2. The minimum atomic E-state index is -0.694. The van der Waals surface area contributed by atoms with Gasteiger partial charge >= 0.3 is 6.03 Å². The van der Waals surface area contributed by atoms with Crippen LogP contribution in [0.4, 0.5) is 14.9 Å². The fourth-order valence-corrected chi connectivity index (χ4v) is 3.61. The third-order valence-corrected chi connectivity index (χ3v) is 5.13. The SMILES string of the molecule is C=CCSc1cc(N2C(=O)C3=CCCCN3C2=O)c(F)cc1Cl. The number of allylic oxidation sites excluding steroid dienone is 1. The van der Waals surface area contributed by atoms with Gasteiger partial charge in [-0.2, -0.15) is 0 Å². The number of amides is 3. The van der Waals surface area contributed by atoms with Crippen LogP contribution in [0.15, 0.2) is 41.5 Å². The van der Waals surface area contributed by atoms with Gasteiger partial charge in [0.1, 0.15) is 11.5 Å². The summed E-state index contributed by atoms with van der Waals surface area (Å²) in [5.74, 6) is -0.597. The summed E-state index contributed by atoms with van der Waals surface area (Å²) in [7, 11) is 0. The van der Waals surface area contributed by atoms with Crippen molar-refractivity contribution < 1.29 is 14.0 Å². The van der Waals surface area contributed by atoms with Crippen molar-refractivity contribution in [1.29, 1.82) is 0 Å². The van der Waals surface area contributed by atoms with Gasteiger partial charge in [-0.05, 0) is 25.0 Å². The van der Waals surface area contributed by atoms with E-state index in [0.717, 1.165) is 23.8 Å². The Labute approximate surface area is 142 Å². The molecule has 1 aromatic rings. The highest BCUT2D eigenvalue weighted by molar-refractivity contribution is 7.99. The standard InChI is InChI=1S/C16H14ClFN2O2S/c1-2-7-23-14-9-13(11(18)8-10(14)17)20-15(21)12-5-3-4-6-19(12)16(20)22/h2,5,8-9H,1,3-4,6-7H2. The molecule has 1 fully saturated rings. The summed E-state index contributed by atoms with van der Waals surface area (Å²) in [5, 5.41) is 0.245. The van der Waals surface area contributed by atoms with E-state index in [2.05, 4.69) is 6.58 Å². The smallest absolute Gasteiger partial charge is 0.289 e. The lowest BCUT2D eigenvalue weighted by Gasteiger charge is -2.19. The van der Waals surface area contributed by atoms with Crippen LogP contribution in [0.5, 0.6) is 0 Å². The van der Waals surface area contributed by atoms with Gasteiger partial charge in [-0.25, -0.2) is 14.1 Å². The second-order valence-corrected chi connectivity index (χ2v) is 6.61. The molecule has 1 aromatic carbocycles. The summed E-state index contributed by atoms with van der Waals surface area (Å²) < 4.78 is 14.3. The Morgan fingerprint density at radius 3 is 2.87 bits per heavy atom. The summed E-state index contributed by atoms with van der Waals surface area (Å²) in [6.07, 6.45) is 4.95. The van der Waals surface area contributed by atoms with Gasteiger partial charge in [-0.3, -0.25) is 9.69 Å². The number of thioether (sulfide) groups is 1. The molecule has 0 unspecified atom stereocenters. The molecule has 2 aliphatic rings. The minimum Gasteiger partial charge on any atom is -0.289 e. The van der Waals surface area contributed by atoms with Crippen molar-refractivity contribution in [1.82, 2.24) is 4.90 Å². The average Bonchev–Trinajstić information content (AvgIpc) is 2.79. The number of benzene rings is 1. The number of rotatable bonds is 4. The first-order valence-corrected chi connectivity index (χ1v) is 8.49. The number of urea groups is 1. The Kier molecular flexibility index (Phi) is 4.46. The molecule has 2 aliphatic heterocycles. The first-order valence-electron chi connectivity index (χ1n) is 7.13. The van der Waals surface area contributed by atoms with Crippen molar-refractivity contribution >= 4 is 41.0 Å². The van der Waals surface area contributed by atoms with E-state index in [-0.39, 0.29) is 10.7 Å². The number of imide groups is 1.